The average molecular weight is 171 g/mol. The van der Waals surface area contributed by atoms with Crippen molar-refractivity contribution in [1.29, 1.82) is 0 Å². The summed E-state index contributed by atoms with van der Waals surface area (Å²) in [6.07, 6.45) is 0. The van der Waals surface area contributed by atoms with Crippen LogP contribution in [0.5, 0.6) is 0 Å². The van der Waals surface area contributed by atoms with Gasteiger partial charge in [0.25, 0.3) is 0 Å². The van der Waals surface area contributed by atoms with E-state index in [-0.39, 0.29) is 0 Å². The summed E-state index contributed by atoms with van der Waals surface area (Å²) in [5.74, 6) is -0.960. The molecule has 0 radical (unpaired) electrons. The maximum Gasteiger partial charge on any atom is 0.327 e. The van der Waals surface area contributed by atoms with Crippen LogP contribution in [-0.4, -0.2) is 15.2 Å². The molecule has 0 fully saturated rings. The van der Waals surface area contributed by atoms with Gasteiger partial charge in [-0.1, -0.05) is 15.9 Å². The highest BCUT2D eigenvalue weighted by Gasteiger charge is 2.02. The summed E-state index contributed by atoms with van der Waals surface area (Å²) >= 11 is 6.21. The number of rotatable bonds is 1. The lowest BCUT2D eigenvalue weighted by atomic mass is 10.8. The summed E-state index contributed by atoms with van der Waals surface area (Å²) in [7, 11) is 0. The van der Waals surface area contributed by atoms with E-state index in [1.807, 2.05) is 0 Å². The fourth-order valence-electron chi connectivity index (χ4n) is 0. The van der Waals surface area contributed by atoms with Crippen molar-refractivity contribution in [3.8, 4) is 0 Å². The van der Waals surface area contributed by atoms with Crippen molar-refractivity contribution in [2.45, 2.75) is 4.16 Å². The van der Waals surface area contributed by atoms with E-state index in [0.29, 0.717) is 0 Å². The van der Waals surface area contributed by atoms with Crippen LogP contribution in [0.2, 0.25) is 0 Å². The van der Waals surface area contributed by atoms with Crippen molar-refractivity contribution < 1.29 is 9.90 Å². The van der Waals surface area contributed by atoms with Crippen LogP contribution in [0.1, 0.15) is 0 Å². The van der Waals surface area contributed by atoms with Gasteiger partial charge in [0.2, 0.25) is 0 Å². The molecule has 0 saturated heterocycles. The Morgan fingerprint density at radius 3 is 2.17 bits per heavy atom. The summed E-state index contributed by atoms with van der Waals surface area (Å²) in [6, 6.07) is 0. The van der Waals surface area contributed by atoms with E-state index in [1.54, 1.807) is 0 Å². The molecule has 0 aliphatic rings. The number of carbonyl (C=O) groups is 1. The second-order valence-electron chi connectivity index (χ2n) is 0.674. The molecule has 0 rings (SSSR count). The second kappa shape index (κ2) is 2.47. The van der Waals surface area contributed by atoms with E-state index in [1.165, 1.54) is 0 Å². The van der Waals surface area contributed by atoms with Gasteiger partial charge in [-0.05, 0) is 0 Å². The van der Waals surface area contributed by atoms with Gasteiger partial charge in [0, 0.05) is 0 Å². The summed E-state index contributed by atoms with van der Waals surface area (Å²) in [4.78, 5) is 9.58. The van der Waals surface area contributed by atoms with Gasteiger partial charge in [-0.25, -0.2) is 0 Å². The number of carboxylic acid groups (broad SMARTS) is 1. The largest absolute Gasteiger partial charge is 0.480 e. The standard InChI is InChI=1S/C2H3BrO2S/c3-1(6)2(4)5/h1,6H,(H,4,5). The zero-order chi connectivity index (χ0) is 5.15. The molecule has 1 unspecified atom stereocenters. The quantitative estimate of drug-likeness (QED) is 0.450. The van der Waals surface area contributed by atoms with Gasteiger partial charge in [-0.15, -0.1) is 0 Å². The lowest BCUT2D eigenvalue weighted by Gasteiger charge is -1.86. The lowest BCUT2D eigenvalue weighted by Crippen LogP contribution is -2.03. The van der Waals surface area contributed by atoms with Gasteiger partial charge in [0.1, 0.15) is 0 Å². The maximum atomic E-state index is 9.58. The number of halogens is 1. The molecule has 36 valence electrons. The first-order valence-electron chi connectivity index (χ1n) is 1.19. The van der Waals surface area contributed by atoms with Gasteiger partial charge in [-0.3, -0.25) is 4.79 Å². The van der Waals surface area contributed by atoms with Crippen molar-refractivity contribution >= 4 is 34.5 Å². The van der Waals surface area contributed by atoms with Crippen molar-refractivity contribution in [1.82, 2.24) is 0 Å². The summed E-state index contributed by atoms with van der Waals surface area (Å²) in [5.41, 5.74) is 0. The molecule has 0 spiro atoms. The predicted molar refractivity (Wildman–Crippen MR) is 29.3 cm³/mol. The van der Waals surface area contributed by atoms with Gasteiger partial charge >= 0.3 is 5.97 Å². The van der Waals surface area contributed by atoms with Crippen molar-refractivity contribution in [3.63, 3.8) is 0 Å². The molecule has 0 saturated carbocycles. The highest BCUT2D eigenvalue weighted by atomic mass is 79.9. The smallest absolute Gasteiger partial charge is 0.327 e. The summed E-state index contributed by atoms with van der Waals surface area (Å²) in [6.45, 7) is 0. The number of alkyl halides is 1. The molecule has 1 N–H and O–H groups in total. The Hall–Kier alpha value is 0.300. The van der Waals surface area contributed by atoms with Crippen molar-refractivity contribution in [2.75, 3.05) is 0 Å². The summed E-state index contributed by atoms with van der Waals surface area (Å²) in [5, 5.41) is 7.87. The van der Waals surface area contributed by atoms with Crippen molar-refractivity contribution in [2.24, 2.45) is 0 Å². The highest BCUT2D eigenvalue weighted by molar-refractivity contribution is 9.11. The topological polar surface area (TPSA) is 37.3 Å². The fraction of sp³-hybridized carbons (Fsp3) is 0.500. The Bertz CT molecular complexity index is 62.6. The van der Waals surface area contributed by atoms with Crippen LogP contribution in [0, 0.1) is 0 Å². The van der Waals surface area contributed by atoms with E-state index in [2.05, 4.69) is 28.6 Å². The second-order valence-corrected chi connectivity index (χ2v) is 2.81. The molecular weight excluding hydrogens is 168 g/mol. The molecule has 6 heavy (non-hydrogen) atoms. The van der Waals surface area contributed by atoms with Crippen LogP contribution in [-0.2, 0) is 4.79 Å². The molecule has 1 atom stereocenters. The highest BCUT2D eigenvalue weighted by Crippen LogP contribution is 2.01. The molecule has 0 aromatic heterocycles. The van der Waals surface area contributed by atoms with E-state index in [0.717, 1.165) is 0 Å². The Kier molecular flexibility index (Phi) is 2.59. The first kappa shape index (κ1) is 6.30. The van der Waals surface area contributed by atoms with Crippen LogP contribution in [0.25, 0.3) is 0 Å². The molecule has 0 aliphatic carbocycles. The van der Waals surface area contributed by atoms with E-state index in [4.69, 9.17) is 5.11 Å². The normalized spacial score (nSPS) is 13.7. The zero-order valence-electron chi connectivity index (χ0n) is 2.76. The number of hydrogen-bond acceptors (Lipinski definition) is 2. The number of thiol groups is 1. The van der Waals surface area contributed by atoms with Gasteiger partial charge in [-0.2, -0.15) is 12.6 Å². The Morgan fingerprint density at radius 2 is 2.17 bits per heavy atom. The molecule has 0 aromatic rings. The molecule has 0 aromatic carbocycles. The predicted octanol–water partition coefficient (Wildman–Crippen LogP) is 0.722. The first-order valence-corrected chi connectivity index (χ1v) is 2.62. The van der Waals surface area contributed by atoms with Gasteiger partial charge in [0.15, 0.2) is 4.16 Å². The number of carboxylic acids is 1. The zero-order valence-corrected chi connectivity index (χ0v) is 5.24. The third kappa shape index (κ3) is 2.53. The number of aliphatic carboxylic acids is 1. The SMILES string of the molecule is O=C(O)C(S)Br. The third-order valence-corrected chi connectivity index (χ3v) is 0.816. The molecule has 0 bridgehead atoms. The van der Waals surface area contributed by atoms with Crippen LogP contribution < -0.4 is 0 Å². The van der Waals surface area contributed by atoms with Crippen LogP contribution in [0.4, 0.5) is 0 Å². The van der Waals surface area contributed by atoms with Crippen molar-refractivity contribution in [3.05, 3.63) is 0 Å². The van der Waals surface area contributed by atoms with Crippen LogP contribution in [0.15, 0.2) is 0 Å². The van der Waals surface area contributed by atoms with E-state index >= 15 is 0 Å². The molecule has 0 amide bonds. The van der Waals surface area contributed by atoms with E-state index < -0.39 is 10.1 Å². The van der Waals surface area contributed by atoms with E-state index in [9.17, 15) is 4.79 Å². The number of hydrogen-bond donors (Lipinski definition) is 2. The Morgan fingerprint density at radius 1 is 2.00 bits per heavy atom. The third-order valence-electron chi connectivity index (χ3n) is 0.204. The molecule has 0 aliphatic heterocycles. The molecule has 0 heterocycles. The Labute approximate surface area is 49.1 Å². The van der Waals surface area contributed by atoms with Crippen LogP contribution >= 0.6 is 28.6 Å². The molecular formula is C2H3BrO2S. The minimum atomic E-state index is -0.960. The van der Waals surface area contributed by atoms with Gasteiger partial charge in [0.05, 0.1) is 0 Å². The first-order chi connectivity index (χ1) is 2.64. The van der Waals surface area contributed by atoms with Crippen LogP contribution in [0.3, 0.4) is 0 Å². The fourth-order valence-corrected chi connectivity index (χ4v) is 0. The summed E-state index contributed by atoms with van der Waals surface area (Å²) < 4.78 is -0.725. The lowest BCUT2D eigenvalue weighted by molar-refractivity contribution is -0.134. The molecule has 4 heteroatoms. The molecule has 2 nitrogen and oxygen atoms in total. The van der Waals surface area contributed by atoms with Gasteiger partial charge < -0.3 is 5.11 Å². The minimum Gasteiger partial charge on any atom is -0.480 e. The minimum absolute atomic E-state index is 0.725. The average Bonchev–Trinajstić information content (AvgIpc) is 1.36. The monoisotopic (exact) mass is 170 g/mol. The maximum absolute atomic E-state index is 9.58. The Balaban J connectivity index is 3.26.